The molecular formula is C6H8N2O3. The van der Waals surface area contributed by atoms with Crippen LogP contribution in [0.5, 0.6) is 0 Å². The largest absolute Gasteiger partial charge is 0.465 e. The van der Waals surface area contributed by atoms with Gasteiger partial charge in [-0.1, -0.05) is 0 Å². The van der Waals surface area contributed by atoms with Crippen molar-refractivity contribution >= 4 is 12.0 Å². The van der Waals surface area contributed by atoms with Gasteiger partial charge in [-0.15, -0.1) is 0 Å². The van der Waals surface area contributed by atoms with Crippen LogP contribution in [-0.4, -0.2) is 40.6 Å². The molecule has 0 bridgehead atoms. The quantitative estimate of drug-likeness (QED) is 0.483. The van der Waals surface area contributed by atoms with Gasteiger partial charge in [-0.25, -0.2) is 9.69 Å². The first-order chi connectivity index (χ1) is 5.20. The van der Waals surface area contributed by atoms with Crippen LogP contribution in [0.25, 0.3) is 0 Å². The van der Waals surface area contributed by atoms with E-state index in [1.807, 2.05) is 0 Å². The summed E-state index contributed by atoms with van der Waals surface area (Å²) in [7, 11) is 0. The van der Waals surface area contributed by atoms with E-state index >= 15 is 0 Å². The fourth-order valence-electron chi connectivity index (χ4n) is 1.59. The minimum absolute atomic E-state index is 0.0820. The normalized spacial score (nSPS) is 34.9. The van der Waals surface area contributed by atoms with Gasteiger partial charge in [-0.3, -0.25) is 4.79 Å². The Kier molecular flexibility index (Phi) is 1.17. The summed E-state index contributed by atoms with van der Waals surface area (Å²) in [5.41, 5.74) is 0. The molecule has 2 fully saturated rings. The molecule has 60 valence electrons. The number of hydrogen-bond donors (Lipinski definition) is 2. The summed E-state index contributed by atoms with van der Waals surface area (Å²) < 4.78 is 0. The Balaban J connectivity index is 2.19. The third kappa shape index (κ3) is 0.742. The van der Waals surface area contributed by atoms with Crippen LogP contribution >= 0.6 is 0 Å². The van der Waals surface area contributed by atoms with Crippen LogP contribution in [0.15, 0.2) is 0 Å². The van der Waals surface area contributed by atoms with Gasteiger partial charge in [0.15, 0.2) is 0 Å². The summed E-state index contributed by atoms with van der Waals surface area (Å²) in [4.78, 5) is 22.4. The second-order valence-corrected chi connectivity index (χ2v) is 2.83. The maximum absolute atomic E-state index is 11.0. The minimum atomic E-state index is -1.12. The number of likely N-dealkylation sites (tertiary alicyclic amines) is 1. The first kappa shape index (κ1) is 6.60. The van der Waals surface area contributed by atoms with Crippen LogP contribution in [0.1, 0.15) is 6.42 Å². The molecular weight excluding hydrogens is 148 g/mol. The summed E-state index contributed by atoms with van der Waals surface area (Å²) in [6.07, 6.45) is -0.791. The number of carbonyl (C=O) groups is 2. The average molecular weight is 156 g/mol. The number of amides is 2. The molecule has 2 heterocycles. The average Bonchev–Trinajstić information content (AvgIpc) is 2.10. The highest BCUT2D eigenvalue weighted by Gasteiger charge is 2.48. The lowest BCUT2D eigenvalue weighted by atomic mass is 10.0. The van der Waals surface area contributed by atoms with Crippen molar-refractivity contribution in [1.82, 2.24) is 10.2 Å². The van der Waals surface area contributed by atoms with E-state index in [9.17, 15) is 9.59 Å². The molecule has 2 unspecified atom stereocenters. The molecule has 2 saturated heterocycles. The molecule has 0 aromatic carbocycles. The van der Waals surface area contributed by atoms with Crippen LogP contribution in [0.2, 0.25) is 0 Å². The standard InChI is InChI=1S/C6H8N2O3/c9-5-1-3-4(2-7-3)8(5)6(10)11/h3-4,7H,1-2H2,(H,10,11). The van der Waals surface area contributed by atoms with E-state index in [4.69, 9.17) is 5.11 Å². The number of carboxylic acid groups (broad SMARTS) is 1. The highest BCUT2D eigenvalue weighted by molar-refractivity contribution is 5.94. The number of nitrogens with one attached hydrogen (secondary N) is 1. The molecule has 2 atom stereocenters. The van der Waals surface area contributed by atoms with E-state index in [1.54, 1.807) is 0 Å². The van der Waals surface area contributed by atoms with Crippen LogP contribution in [0.3, 0.4) is 0 Å². The molecule has 0 saturated carbocycles. The van der Waals surface area contributed by atoms with Crippen molar-refractivity contribution in [3.8, 4) is 0 Å². The highest BCUT2D eigenvalue weighted by Crippen LogP contribution is 2.24. The second kappa shape index (κ2) is 1.94. The van der Waals surface area contributed by atoms with E-state index in [2.05, 4.69) is 5.32 Å². The van der Waals surface area contributed by atoms with Crippen molar-refractivity contribution in [2.24, 2.45) is 0 Å². The van der Waals surface area contributed by atoms with E-state index in [0.29, 0.717) is 13.0 Å². The molecule has 2 rings (SSSR count). The van der Waals surface area contributed by atoms with Crippen LogP contribution < -0.4 is 5.32 Å². The predicted molar refractivity (Wildman–Crippen MR) is 35.1 cm³/mol. The zero-order valence-electron chi connectivity index (χ0n) is 5.78. The number of carbonyl (C=O) groups excluding carboxylic acids is 1. The molecule has 2 N–H and O–H groups in total. The minimum Gasteiger partial charge on any atom is -0.465 e. The van der Waals surface area contributed by atoms with Crippen LogP contribution in [0, 0.1) is 0 Å². The topological polar surface area (TPSA) is 69.6 Å². The Labute approximate surface area is 63.0 Å². The van der Waals surface area contributed by atoms with Gasteiger partial charge in [-0.05, 0) is 0 Å². The first-order valence-corrected chi connectivity index (χ1v) is 3.48. The second-order valence-electron chi connectivity index (χ2n) is 2.83. The molecule has 0 radical (unpaired) electrons. The number of rotatable bonds is 0. The van der Waals surface area contributed by atoms with Gasteiger partial charge >= 0.3 is 6.09 Å². The zero-order valence-corrected chi connectivity index (χ0v) is 5.78. The van der Waals surface area contributed by atoms with Gasteiger partial charge in [0.2, 0.25) is 5.91 Å². The molecule has 5 heteroatoms. The fourth-order valence-corrected chi connectivity index (χ4v) is 1.59. The number of imide groups is 1. The summed E-state index contributed by atoms with van der Waals surface area (Å²) in [5.74, 6) is -0.280. The van der Waals surface area contributed by atoms with E-state index in [1.165, 1.54) is 0 Å². The summed E-state index contributed by atoms with van der Waals surface area (Å²) in [6, 6.07) is -0.0152. The van der Waals surface area contributed by atoms with Gasteiger partial charge < -0.3 is 10.4 Å². The molecule has 5 nitrogen and oxygen atoms in total. The molecule has 11 heavy (non-hydrogen) atoms. The van der Waals surface area contributed by atoms with Crippen molar-refractivity contribution in [2.75, 3.05) is 6.54 Å². The maximum Gasteiger partial charge on any atom is 0.414 e. The Morgan fingerprint density at radius 1 is 1.73 bits per heavy atom. The summed E-state index contributed by atoms with van der Waals surface area (Å²) in [5, 5.41) is 11.6. The van der Waals surface area contributed by atoms with E-state index < -0.39 is 6.09 Å². The van der Waals surface area contributed by atoms with Crippen molar-refractivity contribution in [3.05, 3.63) is 0 Å². The van der Waals surface area contributed by atoms with Crippen molar-refractivity contribution in [3.63, 3.8) is 0 Å². The highest BCUT2D eigenvalue weighted by atomic mass is 16.4. The van der Waals surface area contributed by atoms with Gasteiger partial charge in [-0.2, -0.15) is 0 Å². The third-order valence-corrected chi connectivity index (χ3v) is 2.25. The smallest absolute Gasteiger partial charge is 0.414 e. The summed E-state index contributed by atoms with van der Waals surface area (Å²) >= 11 is 0. The molecule has 0 aromatic rings. The lowest BCUT2D eigenvalue weighted by molar-refractivity contribution is -0.126. The number of hydrogen-bond acceptors (Lipinski definition) is 3. The predicted octanol–water partition coefficient (Wildman–Crippen LogP) is -0.763. The Bertz CT molecular complexity index is 228. The van der Waals surface area contributed by atoms with E-state index in [-0.39, 0.29) is 18.0 Å². The first-order valence-electron chi connectivity index (χ1n) is 3.48. The van der Waals surface area contributed by atoms with Crippen molar-refractivity contribution in [2.45, 2.75) is 18.5 Å². The van der Waals surface area contributed by atoms with Gasteiger partial charge in [0, 0.05) is 19.0 Å². The molecule has 2 amide bonds. The van der Waals surface area contributed by atoms with E-state index in [0.717, 1.165) is 4.90 Å². The zero-order chi connectivity index (χ0) is 8.01. The Morgan fingerprint density at radius 3 is 2.73 bits per heavy atom. The number of fused-ring (bicyclic) bond motifs is 1. The molecule has 2 aliphatic rings. The van der Waals surface area contributed by atoms with Gasteiger partial charge in [0.05, 0.1) is 6.04 Å². The Hall–Kier alpha value is -1.10. The summed E-state index contributed by atoms with van der Waals surface area (Å²) in [6.45, 7) is 0.614. The molecule has 0 aliphatic carbocycles. The van der Waals surface area contributed by atoms with Gasteiger partial charge in [0.1, 0.15) is 0 Å². The molecule has 0 spiro atoms. The van der Waals surface area contributed by atoms with Crippen molar-refractivity contribution in [1.29, 1.82) is 0 Å². The van der Waals surface area contributed by atoms with Gasteiger partial charge in [0.25, 0.3) is 0 Å². The third-order valence-electron chi connectivity index (χ3n) is 2.25. The molecule has 2 aliphatic heterocycles. The number of nitrogens with zero attached hydrogens (tertiary/aromatic N) is 1. The lowest BCUT2D eigenvalue weighted by Crippen LogP contribution is -2.60. The maximum atomic E-state index is 11.0. The molecule has 0 aromatic heterocycles. The van der Waals surface area contributed by atoms with Crippen LogP contribution in [0.4, 0.5) is 4.79 Å². The SMILES string of the molecule is O=C(O)N1C(=O)CC2NCC21. The van der Waals surface area contributed by atoms with Crippen molar-refractivity contribution < 1.29 is 14.7 Å². The Morgan fingerprint density at radius 2 is 2.45 bits per heavy atom. The fraction of sp³-hybridized carbons (Fsp3) is 0.667. The lowest BCUT2D eigenvalue weighted by Gasteiger charge is -2.34. The van der Waals surface area contributed by atoms with Crippen LogP contribution in [-0.2, 0) is 4.79 Å². The monoisotopic (exact) mass is 156 g/mol.